The van der Waals surface area contributed by atoms with Gasteiger partial charge in [0.25, 0.3) is 0 Å². The lowest BCUT2D eigenvalue weighted by Gasteiger charge is -2.49. The van der Waals surface area contributed by atoms with Crippen LogP contribution in [0, 0.1) is 56.2 Å². The first-order valence-electron chi connectivity index (χ1n) is 6.48. The van der Waals surface area contributed by atoms with Gasteiger partial charge in [-0.25, -0.2) is 0 Å². The molecule has 4 nitrogen and oxygen atoms in total. The van der Waals surface area contributed by atoms with Crippen molar-refractivity contribution in [2.24, 2.45) is 10.8 Å². The minimum atomic E-state index is -1.46. The Hall–Kier alpha value is -1.69. The predicted molar refractivity (Wildman–Crippen MR) is 70.2 cm³/mol. The van der Waals surface area contributed by atoms with Crippen LogP contribution in [0.3, 0.4) is 0 Å². The van der Waals surface area contributed by atoms with Gasteiger partial charge in [0.1, 0.15) is 0 Å². The molecule has 0 radical (unpaired) electrons. The first kappa shape index (κ1) is 13.7. The Balaban J connectivity index is 2.17. The molecular weight excluding hydrogens is 256 g/mol. The van der Waals surface area contributed by atoms with Gasteiger partial charge in [0.05, 0.1) is 24.3 Å². The molecule has 5 heteroatoms. The lowest BCUT2D eigenvalue weighted by molar-refractivity contribution is 0.150. The Morgan fingerprint density at radius 3 is 1.89 bits per heavy atom. The van der Waals surface area contributed by atoms with Crippen LogP contribution in [0.1, 0.15) is 38.5 Å². The molecule has 0 aromatic rings. The van der Waals surface area contributed by atoms with E-state index < -0.39 is 10.8 Å². The lowest BCUT2D eigenvalue weighted by atomic mass is 9.51. The summed E-state index contributed by atoms with van der Waals surface area (Å²) in [7, 11) is 0. The zero-order valence-electron chi connectivity index (χ0n) is 10.6. The second-order valence-electron chi connectivity index (χ2n) is 5.25. The highest BCUT2D eigenvalue weighted by Crippen LogP contribution is 2.61. The fourth-order valence-corrected chi connectivity index (χ4v) is 4.90. The molecule has 0 saturated heterocycles. The van der Waals surface area contributed by atoms with E-state index in [0.29, 0.717) is 11.7 Å². The van der Waals surface area contributed by atoms with Crippen molar-refractivity contribution < 1.29 is 0 Å². The second kappa shape index (κ2) is 5.13. The van der Waals surface area contributed by atoms with Crippen molar-refractivity contribution in [2.45, 2.75) is 49.0 Å². The summed E-state index contributed by atoms with van der Waals surface area (Å²) in [4.78, 5) is 0. The van der Waals surface area contributed by atoms with Crippen molar-refractivity contribution in [3.8, 4) is 24.3 Å². The van der Waals surface area contributed by atoms with Crippen molar-refractivity contribution in [3.05, 3.63) is 0 Å². The molecule has 0 bridgehead atoms. The van der Waals surface area contributed by atoms with Gasteiger partial charge in [-0.1, -0.05) is 19.3 Å². The topological polar surface area (TPSA) is 95.2 Å². The van der Waals surface area contributed by atoms with E-state index in [1.165, 1.54) is 19.3 Å². The molecule has 19 heavy (non-hydrogen) atoms. The minimum absolute atomic E-state index is 0.204. The predicted octanol–water partition coefficient (Wildman–Crippen LogP) is 2.89. The first-order valence-corrected chi connectivity index (χ1v) is 7.43. The Morgan fingerprint density at radius 2 is 1.42 bits per heavy atom. The molecule has 0 amide bonds. The Kier molecular flexibility index (Phi) is 3.71. The SMILES string of the molecule is N#CC1(C#N)CC(SC2CCCCC2)C1(C#N)C#N. The summed E-state index contributed by atoms with van der Waals surface area (Å²) in [5, 5.41) is 37.3. The molecule has 0 aliphatic heterocycles. The molecule has 0 spiro atoms. The number of thioether (sulfide) groups is 1. The average Bonchev–Trinajstić information content (AvgIpc) is 2.46. The van der Waals surface area contributed by atoms with Crippen LogP contribution in [0.5, 0.6) is 0 Å². The average molecular weight is 270 g/mol. The van der Waals surface area contributed by atoms with Crippen LogP contribution in [0.25, 0.3) is 0 Å². The monoisotopic (exact) mass is 270 g/mol. The Bertz CT molecular complexity index is 494. The van der Waals surface area contributed by atoms with Crippen LogP contribution >= 0.6 is 11.8 Å². The zero-order valence-corrected chi connectivity index (χ0v) is 11.4. The van der Waals surface area contributed by atoms with E-state index in [-0.39, 0.29) is 5.25 Å². The Morgan fingerprint density at radius 1 is 0.842 bits per heavy atom. The van der Waals surface area contributed by atoms with E-state index in [1.807, 2.05) is 24.3 Å². The summed E-state index contributed by atoms with van der Waals surface area (Å²) in [5.41, 5.74) is -2.90. The largest absolute Gasteiger partial charge is 0.196 e. The van der Waals surface area contributed by atoms with E-state index in [4.69, 9.17) is 0 Å². The third-order valence-electron chi connectivity index (χ3n) is 4.29. The summed E-state index contributed by atoms with van der Waals surface area (Å²) < 4.78 is 0. The van der Waals surface area contributed by atoms with Crippen LogP contribution in [0.15, 0.2) is 0 Å². The summed E-state index contributed by atoms with van der Waals surface area (Å²) in [6, 6.07) is 7.75. The highest BCUT2D eigenvalue weighted by Gasteiger charge is 2.69. The van der Waals surface area contributed by atoms with Crippen molar-refractivity contribution >= 4 is 11.8 Å². The summed E-state index contributed by atoms with van der Waals surface area (Å²) in [6.45, 7) is 0. The number of hydrogen-bond donors (Lipinski definition) is 0. The molecule has 0 heterocycles. The quantitative estimate of drug-likeness (QED) is 0.768. The van der Waals surface area contributed by atoms with Crippen molar-refractivity contribution in [1.29, 1.82) is 21.0 Å². The normalized spacial score (nSPS) is 27.9. The van der Waals surface area contributed by atoms with Gasteiger partial charge >= 0.3 is 0 Å². The molecule has 2 saturated carbocycles. The highest BCUT2D eigenvalue weighted by atomic mass is 32.2. The number of rotatable bonds is 2. The summed E-state index contributed by atoms with van der Waals surface area (Å²) >= 11 is 1.65. The molecule has 2 rings (SSSR count). The van der Waals surface area contributed by atoms with Gasteiger partial charge in [0.2, 0.25) is 0 Å². The number of hydrogen-bond acceptors (Lipinski definition) is 5. The van der Waals surface area contributed by atoms with Gasteiger partial charge in [-0.15, -0.1) is 0 Å². The van der Waals surface area contributed by atoms with E-state index >= 15 is 0 Å². The van der Waals surface area contributed by atoms with Gasteiger partial charge in [-0.05, 0) is 19.3 Å². The van der Waals surface area contributed by atoms with Crippen LogP contribution in [-0.4, -0.2) is 10.5 Å². The standard InChI is InChI=1S/C14H14N4S/c15-7-13(8-16)6-12(14(13,9-17)10-18)19-11-4-2-1-3-5-11/h11-12H,1-6H2. The van der Waals surface area contributed by atoms with Crippen molar-refractivity contribution in [1.82, 2.24) is 0 Å². The molecule has 0 N–H and O–H groups in total. The fourth-order valence-electron chi connectivity index (χ4n) is 2.97. The molecule has 1 unspecified atom stereocenters. The first-order chi connectivity index (χ1) is 9.18. The van der Waals surface area contributed by atoms with E-state index in [2.05, 4.69) is 0 Å². The molecule has 96 valence electrons. The molecule has 1 atom stereocenters. The maximum Gasteiger partial charge on any atom is 0.187 e. The maximum absolute atomic E-state index is 9.35. The van der Waals surface area contributed by atoms with Gasteiger partial charge < -0.3 is 0 Å². The third kappa shape index (κ3) is 1.87. The minimum Gasteiger partial charge on any atom is -0.196 e. The molecule has 0 aromatic carbocycles. The van der Waals surface area contributed by atoms with Crippen molar-refractivity contribution in [2.75, 3.05) is 0 Å². The molecule has 2 aliphatic carbocycles. The maximum atomic E-state index is 9.35. The summed E-state index contributed by atoms with van der Waals surface area (Å²) in [6.07, 6.45) is 6.20. The second-order valence-corrected chi connectivity index (χ2v) is 6.76. The molecule has 2 aliphatic rings. The summed E-state index contributed by atoms with van der Waals surface area (Å²) in [5.74, 6) is 0. The molecular formula is C14H14N4S. The van der Waals surface area contributed by atoms with Crippen LogP contribution in [-0.2, 0) is 0 Å². The zero-order chi connectivity index (χ0) is 13.9. The third-order valence-corrected chi connectivity index (χ3v) is 6.00. The van der Waals surface area contributed by atoms with Crippen LogP contribution in [0.4, 0.5) is 0 Å². The Labute approximate surface area is 117 Å². The lowest BCUT2D eigenvalue weighted by Crippen LogP contribution is -2.58. The van der Waals surface area contributed by atoms with Crippen LogP contribution in [0.2, 0.25) is 0 Å². The highest BCUT2D eigenvalue weighted by molar-refractivity contribution is 8.00. The number of nitriles is 4. The van der Waals surface area contributed by atoms with Gasteiger partial charge in [0.15, 0.2) is 10.8 Å². The van der Waals surface area contributed by atoms with Gasteiger partial charge in [-0.2, -0.15) is 32.8 Å². The van der Waals surface area contributed by atoms with Gasteiger partial charge in [-0.3, -0.25) is 0 Å². The smallest absolute Gasteiger partial charge is 0.187 e. The van der Waals surface area contributed by atoms with E-state index in [1.54, 1.807) is 11.8 Å². The van der Waals surface area contributed by atoms with Crippen LogP contribution < -0.4 is 0 Å². The molecule has 2 fully saturated rings. The fraction of sp³-hybridized carbons (Fsp3) is 0.714. The van der Waals surface area contributed by atoms with Gasteiger partial charge in [0, 0.05) is 10.5 Å². The van der Waals surface area contributed by atoms with Crippen molar-refractivity contribution in [3.63, 3.8) is 0 Å². The molecule has 0 aromatic heterocycles. The number of nitrogens with zero attached hydrogens (tertiary/aromatic N) is 4. The van der Waals surface area contributed by atoms with E-state index in [0.717, 1.165) is 12.8 Å². The van der Waals surface area contributed by atoms with E-state index in [9.17, 15) is 21.0 Å².